The van der Waals surface area contributed by atoms with Gasteiger partial charge in [0.1, 0.15) is 5.70 Å². The molecular formula is C16H21NO3. The van der Waals surface area contributed by atoms with Gasteiger partial charge in [-0.1, -0.05) is 44.7 Å². The lowest BCUT2D eigenvalue weighted by atomic mass is 9.96. The standard InChI is InChI=1S/C16H21NO3/c1-10(2)9-13-5-7-14(8-6-13)11(3)15(18)17-12(4)16(19)20/h5-8,10-11H,4,9H2,1-3H3,(H,17,18)(H,19,20). The molecule has 4 nitrogen and oxygen atoms in total. The molecule has 0 saturated heterocycles. The second-order valence-electron chi connectivity index (χ2n) is 5.33. The third-order valence-corrected chi connectivity index (χ3v) is 3.05. The van der Waals surface area contributed by atoms with Crippen LogP contribution >= 0.6 is 0 Å². The summed E-state index contributed by atoms with van der Waals surface area (Å²) < 4.78 is 0. The van der Waals surface area contributed by atoms with Crippen LogP contribution in [0.4, 0.5) is 0 Å². The van der Waals surface area contributed by atoms with Crippen LogP contribution in [0.5, 0.6) is 0 Å². The summed E-state index contributed by atoms with van der Waals surface area (Å²) in [7, 11) is 0. The van der Waals surface area contributed by atoms with Gasteiger partial charge >= 0.3 is 5.97 Å². The first kappa shape index (κ1) is 16.0. The third-order valence-electron chi connectivity index (χ3n) is 3.05. The largest absolute Gasteiger partial charge is 0.477 e. The Balaban J connectivity index is 2.72. The van der Waals surface area contributed by atoms with E-state index in [9.17, 15) is 9.59 Å². The highest BCUT2D eigenvalue weighted by molar-refractivity contribution is 5.94. The first-order valence-electron chi connectivity index (χ1n) is 6.63. The van der Waals surface area contributed by atoms with E-state index in [-0.39, 0.29) is 11.6 Å². The van der Waals surface area contributed by atoms with Crippen molar-refractivity contribution in [3.63, 3.8) is 0 Å². The number of carbonyl (C=O) groups is 2. The molecule has 0 aliphatic carbocycles. The molecule has 0 fully saturated rings. The maximum atomic E-state index is 11.9. The Labute approximate surface area is 119 Å². The van der Waals surface area contributed by atoms with E-state index in [1.165, 1.54) is 5.56 Å². The molecule has 1 unspecified atom stereocenters. The Bertz CT molecular complexity index is 503. The highest BCUT2D eigenvalue weighted by atomic mass is 16.4. The molecule has 0 radical (unpaired) electrons. The number of aliphatic carboxylic acids is 1. The van der Waals surface area contributed by atoms with Gasteiger partial charge in [0.05, 0.1) is 5.92 Å². The third kappa shape index (κ3) is 4.53. The van der Waals surface area contributed by atoms with Crippen molar-refractivity contribution in [2.75, 3.05) is 0 Å². The molecule has 1 amide bonds. The van der Waals surface area contributed by atoms with Crippen molar-refractivity contribution < 1.29 is 14.7 Å². The van der Waals surface area contributed by atoms with E-state index >= 15 is 0 Å². The Morgan fingerprint density at radius 2 is 1.75 bits per heavy atom. The van der Waals surface area contributed by atoms with Crippen LogP contribution in [0, 0.1) is 5.92 Å². The SMILES string of the molecule is C=C(NC(=O)C(C)c1ccc(CC(C)C)cc1)C(=O)O. The summed E-state index contributed by atoms with van der Waals surface area (Å²) >= 11 is 0. The molecular weight excluding hydrogens is 254 g/mol. The summed E-state index contributed by atoms with van der Waals surface area (Å²) in [5, 5.41) is 11.0. The highest BCUT2D eigenvalue weighted by Gasteiger charge is 2.17. The van der Waals surface area contributed by atoms with Crippen LogP contribution in [0.15, 0.2) is 36.5 Å². The average Bonchev–Trinajstić information content (AvgIpc) is 2.37. The maximum absolute atomic E-state index is 11.9. The van der Waals surface area contributed by atoms with Crippen LogP contribution in [0.25, 0.3) is 0 Å². The van der Waals surface area contributed by atoms with Gasteiger partial charge in [0, 0.05) is 0 Å². The van der Waals surface area contributed by atoms with Gasteiger partial charge in [-0.25, -0.2) is 4.79 Å². The smallest absolute Gasteiger partial charge is 0.351 e. The lowest BCUT2D eigenvalue weighted by molar-refractivity contribution is -0.134. The van der Waals surface area contributed by atoms with Crippen LogP contribution in [-0.2, 0) is 16.0 Å². The first-order valence-corrected chi connectivity index (χ1v) is 6.63. The number of carbonyl (C=O) groups excluding carboxylic acids is 1. The molecule has 0 saturated carbocycles. The zero-order chi connectivity index (χ0) is 15.3. The van der Waals surface area contributed by atoms with Gasteiger partial charge in [-0.15, -0.1) is 0 Å². The molecule has 108 valence electrons. The quantitative estimate of drug-likeness (QED) is 0.784. The predicted molar refractivity (Wildman–Crippen MR) is 78.3 cm³/mol. The summed E-state index contributed by atoms with van der Waals surface area (Å²) in [6.07, 6.45) is 0.997. The highest BCUT2D eigenvalue weighted by Crippen LogP contribution is 2.18. The molecule has 0 aromatic heterocycles. The molecule has 1 rings (SSSR count). The summed E-state index contributed by atoms with van der Waals surface area (Å²) in [4.78, 5) is 22.5. The number of carboxylic acid groups (broad SMARTS) is 1. The van der Waals surface area contributed by atoms with E-state index in [1.54, 1.807) is 6.92 Å². The Kier molecular flexibility index (Phi) is 5.50. The van der Waals surface area contributed by atoms with Crippen LogP contribution in [0.3, 0.4) is 0 Å². The van der Waals surface area contributed by atoms with Crippen molar-refractivity contribution in [1.29, 1.82) is 0 Å². The Morgan fingerprint density at radius 1 is 1.20 bits per heavy atom. The van der Waals surface area contributed by atoms with Gasteiger partial charge in [-0.05, 0) is 30.4 Å². The molecule has 0 aliphatic heterocycles. The number of carboxylic acids is 1. The minimum atomic E-state index is -1.22. The molecule has 0 spiro atoms. The monoisotopic (exact) mass is 275 g/mol. The van der Waals surface area contributed by atoms with Crippen LogP contribution < -0.4 is 5.32 Å². The van der Waals surface area contributed by atoms with E-state index in [0.717, 1.165) is 12.0 Å². The molecule has 20 heavy (non-hydrogen) atoms. The molecule has 1 aromatic rings. The zero-order valence-corrected chi connectivity index (χ0v) is 12.1. The second kappa shape index (κ2) is 6.89. The fraction of sp³-hybridized carbons (Fsp3) is 0.375. The molecule has 1 atom stereocenters. The molecule has 0 bridgehead atoms. The molecule has 1 aromatic carbocycles. The topological polar surface area (TPSA) is 66.4 Å². The van der Waals surface area contributed by atoms with Gasteiger partial charge in [-0.3, -0.25) is 4.79 Å². The number of amides is 1. The number of benzene rings is 1. The van der Waals surface area contributed by atoms with E-state index in [4.69, 9.17) is 5.11 Å². The van der Waals surface area contributed by atoms with Crippen molar-refractivity contribution in [2.24, 2.45) is 5.92 Å². The predicted octanol–water partition coefficient (Wildman–Crippen LogP) is 2.70. The molecule has 0 heterocycles. The number of rotatable bonds is 6. The fourth-order valence-electron chi connectivity index (χ4n) is 1.88. The zero-order valence-electron chi connectivity index (χ0n) is 12.1. The normalized spacial score (nSPS) is 12.0. The number of nitrogens with one attached hydrogen (secondary N) is 1. The minimum absolute atomic E-state index is 0.307. The maximum Gasteiger partial charge on any atom is 0.351 e. The van der Waals surface area contributed by atoms with Gasteiger partial charge in [-0.2, -0.15) is 0 Å². The van der Waals surface area contributed by atoms with Crippen molar-refractivity contribution in [1.82, 2.24) is 5.32 Å². The Morgan fingerprint density at radius 3 is 2.20 bits per heavy atom. The van der Waals surface area contributed by atoms with Crippen LogP contribution in [0.2, 0.25) is 0 Å². The van der Waals surface area contributed by atoms with Crippen molar-refractivity contribution >= 4 is 11.9 Å². The van der Waals surface area contributed by atoms with E-state index in [0.29, 0.717) is 5.92 Å². The fourth-order valence-corrected chi connectivity index (χ4v) is 1.88. The molecule has 4 heteroatoms. The Hall–Kier alpha value is -2.10. The minimum Gasteiger partial charge on any atom is -0.477 e. The summed E-state index contributed by atoms with van der Waals surface area (Å²) in [6, 6.07) is 7.83. The average molecular weight is 275 g/mol. The number of hydrogen-bond donors (Lipinski definition) is 2. The summed E-state index contributed by atoms with van der Waals surface area (Å²) in [5.74, 6) is -1.42. The lowest BCUT2D eigenvalue weighted by Crippen LogP contribution is -2.30. The van der Waals surface area contributed by atoms with Gasteiger partial charge in [0.2, 0.25) is 5.91 Å². The summed E-state index contributed by atoms with van der Waals surface area (Å²) in [5.41, 5.74) is 1.78. The summed E-state index contributed by atoms with van der Waals surface area (Å²) in [6.45, 7) is 9.33. The first-order chi connectivity index (χ1) is 9.31. The van der Waals surface area contributed by atoms with Gasteiger partial charge in [0.25, 0.3) is 0 Å². The van der Waals surface area contributed by atoms with Gasteiger partial charge < -0.3 is 10.4 Å². The van der Waals surface area contributed by atoms with Crippen molar-refractivity contribution in [3.8, 4) is 0 Å². The van der Waals surface area contributed by atoms with Crippen molar-refractivity contribution in [3.05, 3.63) is 47.7 Å². The van der Waals surface area contributed by atoms with E-state index in [1.807, 2.05) is 24.3 Å². The van der Waals surface area contributed by atoms with E-state index < -0.39 is 11.9 Å². The van der Waals surface area contributed by atoms with E-state index in [2.05, 4.69) is 25.7 Å². The van der Waals surface area contributed by atoms with Crippen molar-refractivity contribution in [2.45, 2.75) is 33.1 Å². The molecule has 2 N–H and O–H groups in total. The molecule has 0 aliphatic rings. The lowest BCUT2D eigenvalue weighted by Gasteiger charge is -2.13. The second-order valence-corrected chi connectivity index (χ2v) is 5.33. The van der Waals surface area contributed by atoms with Crippen LogP contribution in [-0.4, -0.2) is 17.0 Å². The van der Waals surface area contributed by atoms with Crippen LogP contribution in [0.1, 0.15) is 37.8 Å². The number of hydrogen-bond acceptors (Lipinski definition) is 2. The van der Waals surface area contributed by atoms with Gasteiger partial charge in [0.15, 0.2) is 0 Å².